The van der Waals surface area contributed by atoms with Gasteiger partial charge in [0.2, 0.25) is 0 Å². The highest BCUT2D eigenvalue weighted by atomic mass is 16.6. The number of carbonyl (C=O) groups is 1. The van der Waals surface area contributed by atoms with Crippen LogP contribution < -0.4 is 10.6 Å². The van der Waals surface area contributed by atoms with E-state index in [9.17, 15) is 4.79 Å². The molecule has 2 N–H and O–H groups in total. The Morgan fingerprint density at radius 2 is 2.00 bits per heavy atom. The fourth-order valence-electron chi connectivity index (χ4n) is 3.22. The molecule has 2 heterocycles. The van der Waals surface area contributed by atoms with Crippen LogP contribution in [0.25, 0.3) is 0 Å². The Morgan fingerprint density at radius 3 is 2.68 bits per heavy atom. The molecule has 2 unspecified atom stereocenters. The SMILES string of the molecule is CC(C)(C)OC(=O)N1CCCC(NCC2CCCCN2)CC1. The van der Waals surface area contributed by atoms with Gasteiger partial charge in [-0.25, -0.2) is 4.79 Å². The predicted octanol–water partition coefficient (Wildman–Crippen LogP) is 2.51. The Hall–Kier alpha value is -0.810. The summed E-state index contributed by atoms with van der Waals surface area (Å²) < 4.78 is 5.48. The normalized spacial score (nSPS) is 27.3. The minimum absolute atomic E-state index is 0.165. The third kappa shape index (κ3) is 6.13. The van der Waals surface area contributed by atoms with Gasteiger partial charge in [-0.2, -0.15) is 0 Å². The molecule has 1 amide bonds. The van der Waals surface area contributed by atoms with E-state index < -0.39 is 5.60 Å². The molecule has 0 saturated carbocycles. The maximum atomic E-state index is 12.2. The van der Waals surface area contributed by atoms with Crippen molar-refractivity contribution in [3.8, 4) is 0 Å². The number of amides is 1. The van der Waals surface area contributed by atoms with E-state index in [1.807, 2.05) is 25.7 Å². The summed E-state index contributed by atoms with van der Waals surface area (Å²) in [5.74, 6) is 0. The Morgan fingerprint density at radius 1 is 1.18 bits per heavy atom. The molecule has 5 nitrogen and oxygen atoms in total. The highest BCUT2D eigenvalue weighted by Gasteiger charge is 2.25. The molecule has 2 aliphatic heterocycles. The lowest BCUT2D eigenvalue weighted by atomic mass is 10.0. The first-order valence-electron chi connectivity index (χ1n) is 8.89. The molecule has 2 aliphatic rings. The fraction of sp³-hybridized carbons (Fsp3) is 0.941. The van der Waals surface area contributed by atoms with E-state index in [1.54, 1.807) is 0 Å². The molecular weight excluding hydrogens is 278 g/mol. The van der Waals surface area contributed by atoms with Crippen LogP contribution in [-0.4, -0.2) is 54.9 Å². The van der Waals surface area contributed by atoms with Gasteiger partial charge in [0.05, 0.1) is 0 Å². The summed E-state index contributed by atoms with van der Waals surface area (Å²) in [6.45, 7) is 9.58. The number of ether oxygens (including phenoxy) is 1. The van der Waals surface area contributed by atoms with Crippen LogP contribution in [-0.2, 0) is 4.74 Å². The van der Waals surface area contributed by atoms with Crippen molar-refractivity contribution < 1.29 is 9.53 Å². The Bertz CT molecular complexity index is 348. The second-order valence-electron chi connectivity index (χ2n) is 7.65. The van der Waals surface area contributed by atoms with Crippen LogP contribution in [0.4, 0.5) is 4.79 Å². The number of likely N-dealkylation sites (tertiary alicyclic amines) is 1. The number of piperidine rings is 1. The van der Waals surface area contributed by atoms with E-state index in [0.29, 0.717) is 12.1 Å². The second kappa shape index (κ2) is 8.16. The number of hydrogen-bond donors (Lipinski definition) is 2. The molecule has 22 heavy (non-hydrogen) atoms. The molecule has 0 aromatic carbocycles. The third-order valence-electron chi connectivity index (χ3n) is 4.45. The summed E-state index contributed by atoms with van der Waals surface area (Å²) in [6.07, 6.45) is 6.99. The van der Waals surface area contributed by atoms with E-state index in [0.717, 1.165) is 45.4 Å². The average Bonchev–Trinajstić information content (AvgIpc) is 2.70. The van der Waals surface area contributed by atoms with E-state index in [2.05, 4.69) is 10.6 Å². The van der Waals surface area contributed by atoms with Gasteiger partial charge in [0, 0.05) is 31.7 Å². The van der Waals surface area contributed by atoms with Gasteiger partial charge >= 0.3 is 6.09 Å². The number of nitrogens with zero attached hydrogens (tertiary/aromatic N) is 1. The van der Waals surface area contributed by atoms with Crippen molar-refractivity contribution in [2.24, 2.45) is 0 Å². The zero-order valence-electron chi connectivity index (χ0n) is 14.5. The van der Waals surface area contributed by atoms with Gasteiger partial charge in [0.1, 0.15) is 5.60 Å². The summed E-state index contributed by atoms with van der Waals surface area (Å²) in [5, 5.41) is 7.28. The monoisotopic (exact) mass is 311 g/mol. The Balaban J connectivity index is 1.71. The van der Waals surface area contributed by atoms with Gasteiger partial charge in [-0.1, -0.05) is 6.42 Å². The van der Waals surface area contributed by atoms with Crippen LogP contribution in [0.15, 0.2) is 0 Å². The largest absolute Gasteiger partial charge is 0.444 e. The molecule has 2 atom stereocenters. The summed E-state index contributed by atoms with van der Waals surface area (Å²) >= 11 is 0. The molecule has 0 spiro atoms. The van der Waals surface area contributed by atoms with Crippen molar-refractivity contribution in [3.63, 3.8) is 0 Å². The molecule has 2 saturated heterocycles. The van der Waals surface area contributed by atoms with Crippen LogP contribution in [0.5, 0.6) is 0 Å². The lowest BCUT2D eigenvalue weighted by Crippen LogP contribution is -2.45. The zero-order valence-corrected chi connectivity index (χ0v) is 14.5. The zero-order chi connectivity index (χ0) is 16.0. The number of hydrogen-bond acceptors (Lipinski definition) is 4. The summed E-state index contributed by atoms with van der Waals surface area (Å²) in [7, 11) is 0. The topological polar surface area (TPSA) is 53.6 Å². The van der Waals surface area contributed by atoms with Gasteiger partial charge in [0.25, 0.3) is 0 Å². The first-order chi connectivity index (χ1) is 10.4. The molecule has 128 valence electrons. The van der Waals surface area contributed by atoms with Gasteiger partial charge in [0.15, 0.2) is 0 Å². The summed E-state index contributed by atoms with van der Waals surface area (Å²) in [6, 6.07) is 1.15. The number of carbonyl (C=O) groups excluding carboxylic acids is 1. The maximum Gasteiger partial charge on any atom is 0.410 e. The fourth-order valence-corrected chi connectivity index (χ4v) is 3.22. The quantitative estimate of drug-likeness (QED) is 0.841. The van der Waals surface area contributed by atoms with Crippen LogP contribution >= 0.6 is 0 Å². The number of nitrogens with one attached hydrogen (secondary N) is 2. The standard InChI is InChI=1S/C17H33N3O2/c1-17(2,3)22-16(21)20-11-6-8-14(9-12-20)19-13-15-7-4-5-10-18-15/h14-15,18-19H,4-13H2,1-3H3. The molecule has 0 bridgehead atoms. The van der Waals surface area contributed by atoms with Gasteiger partial charge in [-0.05, 0) is 59.4 Å². The van der Waals surface area contributed by atoms with E-state index in [4.69, 9.17) is 4.74 Å². The third-order valence-corrected chi connectivity index (χ3v) is 4.45. The average molecular weight is 311 g/mol. The Labute approximate surface area is 135 Å². The second-order valence-corrected chi connectivity index (χ2v) is 7.65. The van der Waals surface area contributed by atoms with Crippen LogP contribution in [0.2, 0.25) is 0 Å². The highest BCUT2D eigenvalue weighted by molar-refractivity contribution is 5.68. The van der Waals surface area contributed by atoms with Crippen molar-refractivity contribution in [1.29, 1.82) is 0 Å². The molecule has 0 aromatic heterocycles. The van der Waals surface area contributed by atoms with Gasteiger partial charge < -0.3 is 20.3 Å². The van der Waals surface area contributed by atoms with Crippen molar-refractivity contribution in [2.45, 2.75) is 77.0 Å². The molecule has 2 fully saturated rings. The van der Waals surface area contributed by atoms with Crippen molar-refractivity contribution >= 4 is 6.09 Å². The lowest BCUT2D eigenvalue weighted by Gasteiger charge is -2.27. The smallest absolute Gasteiger partial charge is 0.410 e. The number of rotatable bonds is 3. The van der Waals surface area contributed by atoms with Crippen LogP contribution in [0, 0.1) is 0 Å². The maximum absolute atomic E-state index is 12.2. The van der Waals surface area contributed by atoms with Crippen molar-refractivity contribution in [1.82, 2.24) is 15.5 Å². The van der Waals surface area contributed by atoms with Crippen molar-refractivity contribution in [2.75, 3.05) is 26.2 Å². The molecule has 0 radical (unpaired) electrons. The highest BCUT2D eigenvalue weighted by Crippen LogP contribution is 2.16. The van der Waals surface area contributed by atoms with E-state index in [1.165, 1.54) is 19.3 Å². The molecular formula is C17H33N3O2. The lowest BCUT2D eigenvalue weighted by molar-refractivity contribution is 0.0256. The minimum atomic E-state index is -0.409. The van der Waals surface area contributed by atoms with Gasteiger partial charge in [-0.3, -0.25) is 0 Å². The Kier molecular flexibility index (Phi) is 6.50. The first-order valence-corrected chi connectivity index (χ1v) is 8.89. The van der Waals surface area contributed by atoms with E-state index >= 15 is 0 Å². The van der Waals surface area contributed by atoms with Crippen LogP contribution in [0.1, 0.15) is 59.3 Å². The molecule has 0 aromatic rings. The van der Waals surface area contributed by atoms with E-state index in [-0.39, 0.29) is 6.09 Å². The minimum Gasteiger partial charge on any atom is -0.444 e. The predicted molar refractivity (Wildman–Crippen MR) is 89.1 cm³/mol. The van der Waals surface area contributed by atoms with Crippen molar-refractivity contribution in [3.05, 3.63) is 0 Å². The summed E-state index contributed by atoms with van der Waals surface area (Å²) in [4.78, 5) is 14.0. The first kappa shape index (κ1) is 17.5. The summed E-state index contributed by atoms with van der Waals surface area (Å²) in [5.41, 5.74) is -0.409. The van der Waals surface area contributed by atoms with Crippen LogP contribution in [0.3, 0.4) is 0 Å². The molecule has 2 rings (SSSR count). The molecule has 0 aliphatic carbocycles. The van der Waals surface area contributed by atoms with Gasteiger partial charge in [-0.15, -0.1) is 0 Å². The molecule has 5 heteroatoms.